The van der Waals surface area contributed by atoms with E-state index in [1.165, 1.54) is 6.92 Å². The second kappa shape index (κ2) is 7.93. The van der Waals surface area contributed by atoms with Crippen molar-refractivity contribution in [2.75, 3.05) is 19.6 Å². The molecule has 3 atom stereocenters. The van der Waals surface area contributed by atoms with Gasteiger partial charge in [0.1, 0.15) is 6.54 Å². The van der Waals surface area contributed by atoms with E-state index in [0.717, 1.165) is 5.56 Å². The fourth-order valence-corrected chi connectivity index (χ4v) is 5.08. The van der Waals surface area contributed by atoms with Gasteiger partial charge in [0.25, 0.3) is 0 Å². The number of likely N-dealkylation sites (tertiary alicyclic amines) is 2. The van der Waals surface area contributed by atoms with Crippen LogP contribution < -0.4 is 5.32 Å². The van der Waals surface area contributed by atoms with Crippen LogP contribution >= 0.6 is 0 Å². The molecule has 2 fully saturated rings. The molecule has 8 heteroatoms. The number of nitrogens with one attached hydrogen (secondary N) is 1. The van der Waals surface area contributed by atoms with E-state index in [4.69, 9.17) is 0 Å². The van der Waals surface area contributed by atoms with E-state index < -0.39 is 5.54 Å². The van der Waals surface area contributed by atoms with Gasteiger partial charge in [-0.2, -0.15) is 5.10 Å². The lowest BCUT2D eigenvalue weighted by molar-refractivity contribution is -0.134. The van der Waals surface area contributed by atoms with Crippen molar-refractivity contribution in [2.24, 2.45) is 5.92 Å². The van der Waals surface area contributed by atoms with Crippen molar-refractivity contribution < 1.29 is 14.4 Å². The molecule has 0 aliphatic carbocycles. The van der Waals surface area contributed by atoms with Gasteiger partial charge in [0.05, 0.1) is 11.6 Å². The fourth-order valence-electron chi connectivity index (χ4n) is 5.08. The first kappa shape index (κ1) is 20.1. The van der Waals surface area contributed by atoms with E-state index in [-0.39, 0.29) is 36.2 Å². The molecule has 1 aromatic carbocycles. The number of nitrogens with zero attached hydrogens (tertiary/aromatic N) is 4. The summed E-state index contributed by atoms with van der Waals surface area (Å²) in [6, 6.07) is 11.6. The third-order valence-electron chi connectivity index (χ3n) is 6.25. The Bertz CT molecular complexity index is 930. The van der Waals surface area contributed by atoms with Crippen LogP contribution in [0.5, 0.6) is 0 Å². The van der Waals surface area contributed by atoms with Crippen molar-refractivity contribution in [3.8, 4) is 0 Å². The molecule has 0 bridgehead atoms. The zero-order valence-electron chi connectivity index (χ0n) is 17.3. The van der Waals surface area contributed by atoms with Crippen molar-refractivity contribution in [2.45, 2.75) is 38.4 Å². The summed E-state index contributed by atoms with van der Waals surface area (Å²) >= 11 is 0. The van der Waals surface area contributed by atoms with E-state index in [2.05, 4.69) is 10.4 Å². The lowest BCUT2D eigenvalue weighted by atomic mass is 9.75. The number of benzene rings is 1. The number of carbonyl (C=O) groups excluding carboxylic acids is 3. The number of carbonyl (C=O) groups is 3. The summed E-state index contributed by atoms with van der Waals surface area (Å²) in [7, 11) is 0. The minimum atomic E-state index is -0.671. The first-order valence-electron chi connectivity index (χ1n) is 10.3. The highest BCUT2D eigenvalue weighted by molar-refractivity contribution is 5.79. The van der Waals surface area contributed by atoms with Gasteiger partial charge >= 0.3 is 0 Å². The Hall–Kier alpha value is -3.16. The lowest BCUT2D eigenvalue weighted by Crippen LogP contribution is -2.64. The Kier molecular flexibility index (Phi) is 5.32. The molecular formula is C22H27N5O3. The largest absolute Gasteiger partial charge is 0.347 e. The first-order chi connectivity index (χ1) is 14.4. The normalized spacial score (nSPS) is 25.7. The van der Waals surface area contributed by atoms with Gasteiger partial charge in [-0.05, 0) is 18.1 Å². The Labute approximate surface area is 175 Å². The summed E-state index contributed by atoms with van der Waals surface area (Å²) in [6.07, 6.45) is 4.12. The molecule has 2 aliphatic rings. The molecule has 2 aliphatic heterocycles. The van der Waals surface area contributed by atoms with Gasteiger partial charge < -0.3 is 15.1 Å². The SMILES string of the molecule is CC(=O)N[C@@]12CN(C(C)=O)CC[C@@H]1[C@@H](c1ccccc1)N(C(=O)Cn1cccn1)C2. The molecule has 0 radical (unpaired) electrons. The summed E-state index contributed by atoms with van der Waals surface area (Å²) in [5, 5.41) is 7.30. The highest BCUT2D eigenvalue weighted by Crippen LogP contribution is 2.47. The number of rotatable bonds is 4. The summed E-state index contributed by atoms with van der Waals surface area (Å²) in [5.74, 6) is -0.212. The van der Waals surface area contributed by atoms with Crippen LogP contribution in [0.25, 0.3) is 0 Å². The molecule has 2 aromatic rings. The minimum Gasteiger partial charge on any atom is -0.347 e. The predicted molar refractivity (Wildman–Crippen MR) is 110 cm³/mol. The van der Waals surface area contributed by atoms with Gasteiger partial charge in [-0.15, -0.1) is 0 Å². The zero-order valence-corrected chi connectivity index (χ0v) is 17.3. The maximum absolute atomic E-state index is 13.4. The number of amides is 3. The van der Waals surface area contributed by atoms with Crippen LogP contribution in [0.3, 0.4) is 0 Å². The number of aromatic nitrogens is 2. The summed E-state index contributed by atoms with van der Waals surface area (Å²) < 4.78 is 1.61. The molecule has 0 saturated carbocycles. The monoisotopic (exact) mass is 409 g/mol. The van der Waals surface area contributed by atoms with E-state index in [0.29, 0.717) is 26.1 Å². The van der Waals surface area contributed by atoms with E-state index in [9.17, 15) is 14.4 Å². The maximum atomic E-state index is 13.4. The first-order valence-corrected chi connectivity index (χ1v) is 10.3. The molecule has 1 aromatic heterocycles. The van der Waals surface area contributed by atoms with Crippen molar-refractivity contribution >= 4 is 17.7 Å². The van der Waals surface area contributed by atoms with E-state index in [1.54, 1.807) is 35.0 Å². The van der Waals surface area contributed by atoms with Crippen molar-refractivity contribution in [1.29, 1.82) is 0 Å². The molecule has 0 spiro atoms. The Morgan fingerprint density at radius 2 is 1.90 bits per heavy atom. The minimum absolute atomic E-state index is 0.0148. The topological polar surface area (TPSA) is 87.5 Å². The number of fused-ring (bicyclic) bond motifs is 1. The predicted octanol–water partition coefficient (Wildman–Crippen LogP) is 1.21. The van der Waals surface area contributed by atoms with Crippen molar-refractivity contribution in [3.05, 3.63) is 54.4 Å². The molecular weight excluding hydrogens is 382 g/mol. The lowest BCUT2D eigenvalue weighted by Gasteiger charge is -2.45. The molecule has 2 saturated heterocycles. The highest BCUT2D eigenvalue weighted by Gasteiger charge is 2.57. The van der Waals surface area contributed by atoms with Crippen LogP contribution in [0.4, 0.5) is 0 Å². The summed E-state index contributed by atoms with van der Waals surface area (Å²) in [6.45, 7) is 4.56. The molecule has 0 unspecified atom stereocenters. The van der Waals surface area contributed by atoms with Gasteiger partial charge in [-0.1, -0.05) is 30.3 Å². The van der Waals surface area contributed by atoms with Gasteiger partial charge in [-0.25, -0.2) is 0 Å². The quantitative estimate of drug-likeness (QED) is 0.822. The number of piperidine rings is 1. The average Bonchev–Trinajstić information content (AvgIpc) is 3.33. The smallest absolute Gasteiger partial charge is 0.244 e. The van der Waals surface area contributed by atoms with Gasteiger partial charge in [0.2, 0.25) is 17.7 Å². The van der Waals surface area contributed by atoms with Crippen LogP contribution in [-0.4, -0.2) is 62.5 Å². The molecule has 4 rings (SSSR count). The van der Waals surface area contributed by atoms with Gasteiger partial charge in [0.15, 0.2) is 0 Å². The summed E-state index contributed by atoms with van der Waals surface area (Å²) in [5.41, 5.74) is 0.371. The summed E-state index contributed by atoms with van der Waals surface area (Å²) in [4.78, 5) is 41.3. The molecule has 30 heavy (non-hydrogen) atoms. The highest BCUT2D eigenvalue weighted by atomic mass is 16.2. The fraction of sp³-hybridized carbons (Fsp3) is 0.455. The van der Waals surface area contributed by atoms with Gasteiger partial charge in [0, 0.05) is 51.8 Å². The van der Waals surface area contributed by atoms with E-state index >= 15 is 0 Å². The average molecular weight is 409 g/mol. The number of hydrogen-bond acceptors (Lipinski definition) is 4. The van der Waals surface area contributed by atoms with Crippen molar-refractivity contribution in [3.63, 3.8) is 0 Å². The Morgan fingerprint density at radius 1 is 1.13 bits per heavy atom. The van der Waals surface area contributed by atoms with Crippen LogP contribution in [0.1, 0.15) is 31.9 Å². The second-order valence-corrected chi connectivity index (χ2v) is 8.25. The molecule has 3 heterocycles. The van der Waals surface area contributed by atoms with Gasteiger partial charge in [-0.3, -0.25) is 19.1 Å². The molecule has 158 valence electrons. The standard InChI is InChI=1S/C22H27N5O3/c1-16(28)24-22-14-25(17(2)29)12-9-19(22)21(18-7-4-3-5-8-18)27(15-22)20(30)13-26-11-6-10-23-26/h3-8,10-11,19,21H,9,12-15H2,1-2H3,(H,24,28)/t19-,21-,22-/m1/s1. The van der Waals surface area contributed by atoms with Crippen molar-refractivity contribution in [1.82, 2.24) is 24.9 Å². The molecule has 8 nitrogen and oxygen atoms in total. The molecule has 1 N–H and O–H groups in total. The third-order valence-corrected chi connectivity index (χ3v) is 6.25. The Balaban J connectivity index is 1.73. The zero-order chi connectivity index (χ0) is 21.3. The van der Waals surface area contributed by atoms with Crippen LogP contribution in [0, 0.1) is 5.92 Å². The molecule has 3 amide bonds. The maximum Gasteiger partial charge on any atom is 0.244 e. The van der Waals surface area contributed by atoms with E-state index in [1.807, 2.05) is 35.2 Å². The number of hydrogen-bond donors (Lipinski definition) is 1. The van der Waals surface area contributed by atoms with Crippen LogP contribution in [-0.2, 0) is 20.9 Å². The Morgan fingerprint density at radius 3 is 2.53 bits per heavy atom. The second-order valence-electron chi connectivity index (χ2n) is 8.25. The van der Waals surface area contributed by atoms with Crippen LogP contribution in [0.15, 0.2) is 48.8 Å². The third kappa shape index (κ3) is 3.69. The van der Waals surface area contributed by atoms with Crippen LogP contribution in [0.2, 0.25) is 0 Å².